The van der Waals surface area contributed by atoms with Crippen LogP contribution in [0.15, 0.2) is 194 Å². The number of anilines is 3. The van der Waals surface area contributed by atoms with Gasteiger partial charge in [-0.15, -0.1) is 0 Å². The van der Waals surface area contributed by atoms with E-state index >= 15 is 0 Å². The first-order valence-corrected chi connectivity index (χ1v) is 16.1. The monoisotopic (exact) mass is 603 g/mol. The fourth-order valence-electron chi connectivity index (χ4n) is 6.91. The summed E-state index contributed by atoms with van der Waals surface area (Å²) >= 11 is 0. The van der Waals surface area contributed by atoms with E-state index in [9.17, 15) is 0 Å². The summed E-state index contributed by atoms with van der Waals surface area (Å²) < 4.78 is 0.568. The van der Waals surface area contributed by atoms with Gasteiger partial charge in [-0.3, -0.25) is 0 Å². The Balaban J connectivity index is 1.18. The molecule has 224 valence electrons. The molecule has 1 atom stereocenters. The normalized spacial score (nSPS) is 12.5. The van der Waals surface area contributed by atoms with Crippen molar-refractivity contribution in [1.29, 1.82) is 0 Å². The molecule has 0 heterocycles. The van der Waals surface area contributed by atoms with Crippen LogP contribution in [0, 0.1) is 0 Å². The molecule has 0 unspecified atom stereocenters. The quantitative estimate of drug-likeness (QED) is 0.164. The van der Waals surface area contributed by atoms with Crippen LogP contribution < -0.4 is 9.38 Å². The van der Waals surface area contributed by atoms with Crippen molar-refractivity contribution in [3.05, 3.63) is 194 Å². The Morgan fingerprint density at radius 2 is 0.830 bits per heavy atom. The molecule has 0 aliphatic rings. The van der Waals surface area contributed by atoms with Crippen LogP contribution in [0.1, 0.15) is 0 Å². The second-order valence-electron chi connectivity index (χ2n) is 12.1. The summed E-state index contributed by atoms with van der Waals surface area (Å²) in [7, 11) is 2.30. The SMILES string of the molecule is C[N@+](c1ccccc1)(c1ccc(-c2ccc(N(c3ccccc3)c3cccc4ccccc34)cc2)cc1)c1cccc2ccccc12. The van der Waals surface area contributed by atoms with E-state index in [1.165, 1.54) is 49.7 Å². The van der Waals surface area contributed by atoms with Gasteiger partial charge in [-0.2, -0.15) is 0 Å². The zero-order valence-electron chi connectivity index (χ0n) is 26.4. The van der Waals surface area contributed by atoms with Crippen molar-refractivity contribution in [3.63, 3.8) is 0 Å². The highest BCUT2D eigenvalue weighted by Gasteiger charge is 2.33. The Hall–Kier alpha value is -5.96. The zero-order valence-corrected chi connectivity index (χ0v) is 26.4. The maximum Gasteiger partial charge on any atom is 0.150 e. The minimum atomic E-state index is 0.568. The predicted octanol–water partition coefficient (Wildman–Crippen LogP) is 12.7. The molecular formula is C45H35N2+. The van der Waals surface area contributed by atoms with E-state index in [-0.39, 0.29) is 0 Å². The summed E-state index contributed by atoms with van der Waals surface area (Å²) in [4.78, 5) is 2.35. The minimum absolute atomic E-state index is 0.568. The van der Waals surface area contributed by atoms with Crippen molar-refractivity contribution in [2.24, 2.45) is 0 Å². The van der Waals surface area contributed by atoms with Crippen molar-refractivity contribution in [2.75, 3.05) is 11.9 Å². The van der Waals surface area contributed by atoms with Crippen LogP contribution in [0.2, 0.25) is 0 Å². The molecule has 0 saturated heterocycles. The summed E-state index contributed by atoms with van der Waals surface area (Å²) in [6, 6.07) is 69.9. The number of nitrogens with zero attached hydrogens (tertiary/aromatic N) is 2. The first kappa shape index (κ1) is 28.5. The van der Waals surface area contributed by atoms with Crippen molar-refractivity contribution in [3.8, 4) is 11.1 Å². The molecular weight excluding hydrogens is 569 g/mol. The number of hydrogen-bond donors (Lipinski definition) is 0. The largest absolute Gasteiger partial charge is 0.310 e. The summed E-state index contributed by atoms with van der Waals surface area (Å²) in [5.41, 5.74) is 9.47. The number of para-hydroxylation sites is 2. The van der Waals surface area contributed by atoms with Crippen LogP contribution in [-0.4, -0.2) is 7.05 Å². The van der Waals surface area contributed by atoms with E-state index in [2.05, 4.69) is 206 Å². The molecule has 0 bridgehead atoms. The van der Waals surface area contributed by atoms with E-state index in [1.807, 2.05) is 0 Å². The molecule has 2 heteroatoms. The Morgan fingerprint density at radius 3 is 1.51 bits per heavy atom. The van der Waals surface area contributed by atoms with Crippen LogP contribution >= 0.6 is 0 Å². The molecule has 0 amide bonds. The van der Waals surface area contributed by atoms with E-state index in [0.29, 0.717) is 4.48 Å². The molecule has 0 saturated carbocycles. The second-order valence-corrected chi connectivity index (χ2v) is 12.1. The standard InChI is InChI=1S/C45H35N2/c1-47(40-20-6-3-7-21-40,45-25-13-17-37-15-9-11-23-43(37)45)41-32-28-35(29-33-41)34-26-30-39(31-27-34)46(38-18-4-2-5-19-38)44-24-12-16-36-14-8-10-22-42(36)44/h2-33H,1H3/q+1/t47-/m0/s1. The third kappa shape index (κ3) is 5.15. The lowest BCUT2D eigenvalue weighted by molar-refractivity contribution is 0.632. The first-order valence-electron chi connectivity index (χ1n) is 16.1. The van der Waals surface area contributed by atoms with Gasteiger partial charge in [0, 0.05) is 40.3 Å². The lowest BCUT2D eigenvalue weighted by Crippen LogP contribution is -2.33. The molecule has 0 N–H and O–H groups in total. The number of rotatable bonds is 7. The number of benzene rings is 8. The summed E-state index contributed by atoms with van der Waals surface area (Å²) in [6.45, 7) is 0. The molecule has 0 aliphatic carbocycles. The van der Waals surface area contributed by atoms with E-state index < -0.39 is 0 Å². The molecule has 0 aliphatic heterocycles. The van der Waals surface area contributed by atoms with Gasteiger partial charge in [-0.1, -0.05) is 115 Å². The molecule has 0 aromatic heterocycles. The average molecular weight is 604 g/mol. The van der Waals surface area contributed by atoms with E-state index in [0.717, 1.165) is 17.1 Å². The van der Waals surface area contributed by atoms with Gasteiger partial charge in [0.05, 0.1) is 12.7 Å². The van der Waals surface area contributed by atoms with Crippen molar-refractivity contribution in [1.82, 2.24) is 4.48 Å². The maximum atomic E-state index is 2.35. The molecule has 8 aromatic rings. The molecule has 2 nitrogen and oxygen atoms in total. The van der Waals surface area contributed by atoms with Gasteiger partial charge in [0.15, 0.2) is 5.69 Å². The summed E-state index contributed by atoms with van der Waals surface area (Å²) in [6.07, 6.45) is 0. The predicted molar refractivity (Wildman–Crippen MR) is 201 cm³/mol. The van der Waals surface area contributed by atoms with Crippen molar-refractivity contribution >= 4 is 55.7 Å². The highest BCUT2D eigenvalue weighted by atomic mass is 15.3. The minimum Gasteiger partial charge on any atom is -0.310 e. The molecule has 47 heavy (non-hydrogen) atoms. The Labute approximate surface area is 276 Å². The Kier molecular flexibility index (Phi) is 7.33. The summed E-state index contributed by atoms with van der Waals surface area (Å²) in [5.74, 6) is 0. The zero-order chi connectivity index (χ0) is 31.6. The number of hydrogen-bond acceptors (Lipinski definition) is 1. The lowest BCUT2D eigenvalue weighted by atomic mass is 10.0. The highest BCUT2D eigenvalue weighted by molar-refractivity contribution is 5.99. The van der Waals surface area contributed by atoms with Crippen LogP contribution in [0.3, 0.4) is 0 Å². The third-order valence-electron chi connectivity index (χ3n) is 9.39. The number of quaternary nitrogens is 1. The van der Waals surface area contributed by atoms with Crippen LogP contribution in [-0.2, 0) is 0 Å². The molecule has 8 rings (SSSR count). The third-order valence-corrected chi connectivity index (χ3v) is 9.39. The number of fused-ring (bicyclic) bond motifs is 2. The molecule has 0 radical (unpaired) electrons. The van der Waals surface area contributed by atoms with Crippen LogP contribution in [0.5, 0.6) is 0 Å². The van der Waals surface area contributed by atoms with Gasteiger partial charge in [-0.05, 0) is 82.6 Å². The summed E-state index contributed by atoms with van der Waals surface area (Å²) in [5, 5.41) is 4.96. The van der Waals surface area contributed by atoms with E-state index in [1.54, 1.807) is 0 Å². The Bertz CT molecular complexity index is 2280. The lowest BCUT2D eigenvalue weighted by Gasteiger charge is -2.34. The molecule has 8 aromatic carbocycles. The van der Waals surface area contributed by atoms with Gasteiger partial charge < -0.3 is 4.90 Å². The fourth-order valence-corrected chi connectivity index (χ4v) is 6.91. The van der Waals surface area contributed by atoms with Gasteiger partial charge in [0.1, 0.15) is 11.4 Å². The average Bonchev–Trinajstić information content (AvgIpc) is 3.16. The van der Waals surface area contributed by atoms with Crippen molar-refractivity contribution in [2.45, 2.75) is 0 Å². The van der Waals surface area contributed by atoms with Gasteiger partial charge in [0.25, 0.3) is 0 Å². The van der Waals surface area contributed by atoms with Crippen molar-refractivity contribution < 1.29 is 0 Å². The van der Waals surface area contributed by atoms with Gasteiger partial charge in [-0.25, -0.2) is 4.48 Å². The Morgan fingerprint density at radius 1 is 0.362 bits per heavy atom. The molecule has 0 spiro atoms. The maximum absolute atomic E-state index is 2.35. The van der Waals surface area contributed by atoms with Gasteiger partial charge in [0.2, 0.25) is 0 Å². The van der Waals surface area contributed by atoms with E-state index in [4.69, 9.17) is 0 Å². The van der Waals surface area contributed by atoms with Crippen LogP contribution in [0.4, 0.5) is 34.1 Å². The highest BCUT2D eigenvalue weighted by Crippen LogP contribution is 2.46. The second kappa shape index (κ2) is 12.1. The van der Waals surface area contributed by atoms with Crippen LogP contribution in [0.25, 0.3) is 32.7 Å². The first-order chi connectivity index (χ1) is 23.2. The fraction of sp³-hybridized carbons (Fsp3) is 0.0222. The molecule has 0 fully saturated rings. The topological polar surface area (TPSA) is 3.24 Å². The smallest absolute Gasteiger partial charge is 0.150 e. The van der Waals surface area contributed by atoms with Gasteiger partial charge >= 0.3 is 0 Å².